The summed E-state index contributed by atoms with van der Waals surface area (Å²) in [5.41, 5.74) is 0.514. The fourth-order valence-electron chi connectivity index (χ4n) is 1.91. The van der Waals surface area contributed by atoms with E-state index in [1.165, 1.54) is 43.5 Å². The molecule has 1 amide bonds. The summed E-state index contributed by atoms with van der Waals surface area (Å²) in [6, 6.07) is 5.72. The van der Waals surface area contributed by atoms with Gasteiger partial charge in [-0.1, -0.05) is 6.07 Å². The number of aromatic nitrogens is 1. The Labute approximate surface area is 121 Å². The summed E-state index contributed by atoms with van der Waals surface area (Å²) in [6.07, 6.45) is 2.32. The Kier molecular flexibility index (Phi) is 4.47. The van der Waals surface area contributed by atoms with Gasteiger partial charge in [-0.2, -0.15) is 0 Å². The Morgan fingerprint density at radius 2 is 2.05 bits per heavy atom. The molecular weight excluding hydrogens is 278 g/mol. The van der Waals surface area contributed by atoms with Crippen LogP contribution < -0.4 is 4.74 Å². The Balaban J connectivity index is 2.14. The zero-order valence-electron chi connectivity index (χ0n) is 11.6. The first-order chi connectivity index (χ1) is 10.0. The minimum Gasteiger partial charge on any atom is -0.494 e. The normalized spacial score (nSPS) is 10.3. The Morgan fingerprint density at radius 3 is 2.67 bits per heavy atom. The molecule has 0 aliphatic carbocycles. The van der Waals surface area contributed by atoms with Gasteiger partial charge < -0.3 is 9.64 Å². The van der Waals surface area contributed by atoms with Crippen molar-refractivity contribution in [2.24, 2.45) is 0 Å². The van der Waals surface area contributed by atoms with Crippen LogP contribution in [0, 0.1) is 11.6 Å². The molecule has 0 unspecified atom stereocenters. The highest BCUT2D eigenvalue weighted by atomic mass is 19.1. The number of carbonyl (C=O) groups excluding carboxylic acids is 1. The van der Waals surface area contributed by atoms with Crippen LogP contribution >= 0.6 is 0 Å². The quantitative estimate of drug-likeness (QED) is 0.870. The van der Waals surface area contributed by atoms with Crippen molar-refractivity contribution in [2.75, 3.05) is 14.2 Å². The number of hydrogen-bond donors (Lipinski definition) is 0. The molecule has 0 atom stereocenters. The summed E-state index contributed by atoms with van der Waals surface area (Å²) < 4.78 is 31.9. The van der Waals surface area contributed by atoms with E-state index in [1.54, 1.807) is 6.07 Å². The molecule has 2 rings (SSSR count). The highest BCUT2D eigenvalue weighted by Gasteiger charge is 2.16. The van der Waals surface area contributed by atoms with Gasteiger partial charge in [0.25, 0.3) is 5.91 Å². The van der Waals surface area contributed by atoms with Gasteiger partial charge in [0.1, 0.15) is 0 Å². The first-order valence-corrected chi connectivity index (χ1v) is 6.20. The summed E-state index contributed by atoms with van der Waals surface area (Å²) in [4.78, 5) is 17.0. The number of pyridine rings is 1. The van der Waals surface area contributed by atoms with Crippen LogP contribution in [0.15, 0.2) is 36.7 Å². The second-order valence-corrected chi connectivity index (χ2v) is 4.49. The molecule has 1 aromatic carbocycles. The minimum atomic E-state index is -0.685. The number of methoxy groups -OCH3 is 1. The van der Waals surface area contributed by atoms with Crippen molar-refractivity contribution >= 4 is 5.91 Å². The van der Waals surface area contributed by atoms with Crippen molar-refractivity contribution in [3.63, 3.8) is 0 Å². The zero-order valence-corrected chi connectivity index (χ0v) is 11.6. The molecule has 0 saturated carbocycles. The molecule has 0 spiro atoms. The maximum absolute atomic E-state index is 13.6. The second-order valence-electron chi connectivity index (χ2n) is 4.49. The average Bonchev–Trinajstić information content (AvgIpc) is 2.47. The molecule has 0 aliphatic rings. The first-order valence-electron chi connectivity index (χ1n) is 6.20. The van der Waals surface area contributed by atoms with E-state index in [0.29, 0.717) is 5.56 Å². The van der Waals surface area contributed by atoms with Gasteiger partial charge in [-0.15, -0.1) is 0 Å². The minimum absolute atomic E-state index is 0.0681. The molecule has 1 heterocycles. The number of amides is 1. The third-order valence-electron chi connectivity index (χ3n) is 2.99. The topological polar surface area (TPSA) is 42.4 Å². The van der Waals surface area contributed by atoms with Crippen LogP contribution in [-0.4, -0.2) is 29.9 Å². The van der Waals surface area contributed by atoms with Crippen molar-refractivity contribution in [2.45, 2.75) is 6.54 Å². The van der Waals surface area contributed by atoms with Gasteiger partial charge in [0.15, 0.2) is 17.4 Å². The lowest BCUT2D eigenvalue weighted by atomic mass is 10.1. The van der Waals surface area contributed by atoms with Crippen molar-refractivity contribution in [1.82, 2.24) is 9.88 Å². The fourth-order valence-corrected chi connectivity index (χ4v) is 1.91. The van der Waals surface area contributed by atoms with E-state index in [9.17, 15) is 13.6 Å². The number of benzene rings is 1. The van der Waals surface area contributed by atoms with Gasteiger partial charge in [0, 0.05) is 19.8 Å². The monoisotopic (exact) mass is 292 g/mol. The number of rotatable bonds is 4. The summed E-state index contributed by atoms with van der Waals surface area (Å²) >= 11 is 0. The van der Waals surface area contributed by atoms with Gasteiger partial charge in [-0.25, -0.2) is 8.78 Å². The third kappa shape index (κ3) is 3.34. The van der Waals surface area contributed by atoms with Crippen LogP contribution in [0.1, 0.15) is 15.9 Å². The maximum atomic E-state index is 13.6. The summed E-state index contributed by atoms with van der Waals surface area (Å²) in [5.74, 6) is -1.56. The van der Waals surface area contributed by atoms with Crippen LogP contribution in [-0.2, 0) is 6.54 Å². The highest BCUT2D eigenvalue weighted by Crippen LogP contribution is 2.19. The van der Waals surface area contributed by atoms with E-state index >= 15 is 0 Å². The summed E-state index contributed by atoms with van der Waals surface area (Å²) in [7, 11) is 2.89. The van der Waals surface area contributed by atoms with E-state index in [-0.39, 0.29) is 17.9 Å². The van der Waals surface area contributed by atoms with Crippen LogP contribution in [0.25, 0.3) is 0 Å². The van der Waals surface area contributed by atoms with Crippen LogP contribution in [0.5, 0.6) is 5.75 Å². The first kappa shape index (κ1) is 14.9. The summed E-state index contributed by atoms with van der Waals surface area (Å²) in [6.45, 7) is 0.154. The standard InChI is InChI=1S/C15H14F2N2O2/c1-19(15(20)11-5-6-18-8-13(11)17)9-10-3-4-14(21-2)12(16)7-10/h3-8H,9H2,1-2H3. The van der Waals surface area contributed by atoms with E-state index in [1.807, 2.05) is 0 Å². The van der Waals surface area contributed by atoms with Gasteiger partial charge in [0.05, 0.1) is 18.9 Å². The van der Waals surface area contributed by atoms with Gasteiger partial charge in [-0.3, -0.25) is 9.78 Å². The predicted molar refractivity (Wildman–Crippen MR) is 72.9 cm³/mol. The van der Waals surface area contributed by atoms with Gasteiger partial charge >= 0.3 is 0 Å². The van der Waals surface area contributed by atoms with Crippen molar-refractivity contribution in [3.8, 4) is 5.75 Å². The van der Waals surface area contributed by atoms with Crippen LogP contribution in [0.2, 0.25) is 0 Å². The highest BCUT2D eigenvalue weighted by molar-refractivity contribution is 5.94. The molecular formula is C15H14F2N2O2. The molecule has 21 heavy (non-hydrogen) atoms. The SMILES string of the molecule is COc1ccc(CN(C)C(=O)c2ccncc2F)cc1F. The largest absolute Gasteiger partial charge is 0.494 e. The van der Waals surface area contributed by atoms with E-state index in [0.717, 1.165) is 6.20 Å². The Morgan fingerprint density at radius 1 is 1.29 bits per heavy atom. The van der Waals surface area contributed by atoms with E-state index < -0.39 is 17.5 Å². The molecule has 0 bridgehead atoms. The van der Waals surface area contributed by atoms with Crippen molar-refractivity contribution in [1.29, 1.82) is 0 Å². The smallest absolute Gasteiger partial charge is 0.256 e. The summed E-state index contributed by atoms with van der Waals surface area (Å²) in [5, 5.41) is 0. The molecule has 0 radical (unpaired) electrons. The Bertz CT molecular complexity index is 662. The number of ether oxygens (including phenoxy) is 1. The average molecular weight is 292 g/mol. The molecule has 6 heteroatoms. The van der Waals surface area contributed by atoms with E-state index in [4.69, 9.17) is 4.74 Å². The van der Waals surface area contributed by atoms with Crippen LogP contribution in [0.3, 0.4) is 0 Å². The van der Waals surface area contributed by atoms with Gasteiger partial charge in [-0.05, 0) is 23.8 Å². The molecule has 0 aliphatic heterocycles. The number of halogens is 2. The molecule has 110 valence electrons. The van der Waals surface area contributed by atoms with Crippen molar-refractivity contribution in [3.05, 3.63) is 59.4 Å². The fraction of sp³-hybridized carbons (Fsp3) is 0.200. The lowest BCUT2D eigenvalue weighted by Crippen LogP contribution is -2.27. The van der Waals surface area contributed by atoms with E-state index in [2.05, 4.69) is 4.98 Å². The molecule has 4 nitrogen and oxygen atoms in total. The Hall–Kier alpha value is -2.50. The maximum Gasteiger partial charge on any atom is 0.256 e. The van der Waals surface area contributed by atoms with Crippen molar-refractivity contribution < 1.29 is 18.3 Å². The molecule has 2 aromatic rings. The zero-order chi connectivity index (χ0) is 15.4. The molecule has 0 saturated heterocycles. The third-order valence-corrected chi connectivity index (χ3v) is 2.99. The second kappa shape index (κ2) is 6.30. The predicted octanol–water partition coefficient (Wildman–Crippen LogP) is 2.64. The number of nitrogens with zero attached hydrogens (tertiary/aromatic N) is 2. The number of hydrogen-bond acceptors (Lipinski definition) is 3. The van der Waals surface area contributed by atoms with Gasteiger partial charge in [0.2, 0.25) is 0 Å². The molecule has 0 N–H and O–H groups in total. The molecule has 0 fully saturated rings. The lowest BCUT2D eigenvalue weighted by molar-refractivity contribution is 0.0780. The lowest BCUT2D eigenvalue weighted by Gasteiger charge is -2.18. The van der Waals surface area contributed by atoms with Crippen LogP contribution in [0.4, 0.5) is 8.78 Å². The molecule has 1 aromatic heterocycles. The number of carbonyl (C=O) groups is 1.